The van der Waals surface area contributed by atoms with E-state index in [1.807, 2.05) is 26.0 Å². The van der Waals surface area contributed by atoms with Crippen LogP contribution in [0, 0.1) is 0 Å². The van der Waals surface area contributed by atoms with Crippen molar-refractivity contribution in [3.05, 3.63) is 35.4 Å². The zero-order valence-corrected chi connectivity index (χ0v) is 13.8. The third-order valence-electron chi connectivity index (χ3n) is 3.87. The van der Waals surface area contributed by atoms with E-state index < -0.39 is 5.54 Å². The highest BCUT2D eigenvalue weighted by molar-refractivity contribution is 5.94. The number of nitrogens with two attached hydrogens (primary N) is 1. The molecule has 1 aromatic rings. The lowest BCUT2D eigenvalue weighted by Crippen LogP contribution is -2.42. The standard InChI is InChI=1S/C16H23N3O2.ClH/c1-3-11(2)19-14(20)13-6-4-5-12(9-13)10-18-15(21)16(17)7-8-16;/h4-6,9,11H,3,7-8,10,17H2,1-2H3,(H,18,21)(H,19,20);1H. The van der Waals surface area contributed by atoms with Gasteiger partial charge in [0.15, 0.2) is 0 Å². The molecule has 1 aromatic carbocycles. The van der Waals surface area contributed by atoms with Crippen LogP contribution in [0.1, 0.15) is 49.0 Å². The topological polar surface area (TPSA) is 84.2 Å². The Balaban J connectivity index is 0.00000242. The van der Waals surface area contributed by atoms with E-state index in [4.69, 9.17) is 5.73 Å². The number of carbonyl (C=O) groups is 2. The number of benzene rings is 1. The minimum atomic E-state index is -0.661. The second kappa shape index (κ2) is 7.61. The molecule has 0 aromatic heterocycles. The minimum absolute atomic E-state index is 0. The predicted molar refractivity (Wildman–Crippen MR) is 88.9 cm³/mol. The molecule has 22 heavy (non-hydrogen) atoms. The third kappa shape index (κ3) is 4.71. The summed E-state index contributed by atoms with van der Waals surface area (Å²) in [5.41, 5.74) is 6.67. The predicted octanol–water partition coefficient (Wildman–Crippen LogP) is 1.74. The largest absolute Gasteiger partial charge is 0.350 e. The molecule has 2 rings (SSSR count). The van der Waals surface area contributed by atoms with E-state index in [2.05, 4.69) is 10.6 Å². The van der Waals surface area contributed by atoms with Crippen LogP contribution in [0.4, 0.5) is 0 Å². The van der Waals surface area contributed by atoms with Crippen LogP contribution in [-0.4, -0.2) is 23.4 Å². The van der Waals surface area contributed by atoms with Gasteiger partial charge in [0.2, 0.25) is 5.91 Å². The normalized spacial score (nSPS) is 16.1. The number of hydrogen-bond donors (Lipinski definition) is 3. The number of halogens is 1. The second-order valence-corrected chi connectivity index (χ2v) is 5.82. The number of carbonyl (C=O) groups excluding carboxylic acids is 2. The van der Waals surface area contributed by atoms with Gasteiger partial charge in [-0.25, -0.2) is 0 Å². The fourth-order valence-corrected chi connectivity index (χ4v) is 1.95. The molecule has 4 N–H and O–H groups in total. The van der Waals surface area contributed by atoms with Gasteiger partial charge in [-0.1, -0.05) is 19.1 Å². The van der Waals surface area contributed by atoms with Crippen LogP contribution in [0.15, 0.2) is 24.3 Å². The maximum absolute atomic E-state index is 12.1. The molecule has 1 atom stereocenters. The quantitative estimate of drug-likeness (QED) is 0.745. The Morgan fingerprint density at radius 2 is 2.05 bits per heavy atom. The fourth-order valence-electron chi connectivity index (χ4n) is 1.95. The van der Waals surface area contributed by atoms with E-state index in [1.165, 1.54) is 0 Å². The van der Waals surface area contributed by atoms with E-state index in [0.717, 1.165) is 24.8 Å². The zero-order chi connectivity index (χ0) is 15.5. The maximum atomic E-state index is 12.1. The summed E-state index contributed by atoms with van der Waals surface area (Å²) in [4.78, 5) is 23.8. The summed E-state index contributed by atoms with van der Waals surface area (Å²) in [5, 5.41) is 5.75. The Morgan fingerprint density at radius 1 is 1.36 bits per heavy atom. The summed E-state index contributed by atoms with van der Waals surface area (Å²) in [7, 11) is 0. The van der Waals surface area contributed by atoms with Crippen LogP contribution in [0.25, 0.3) is 0 Å². The Kier molecular flexibility index (Phi) is 6.38. The summed E-state index contributed by atoms with van der Waals surface area (Å²) in [6, 6.07) is 7.43. The van der Waals surface area contributed by atoms with Crippen LogP contribution in [0.3, 0.4) is 0 Å². The van der Waals surface area contributed by atoms with Gasteiger partial charge in [-0.2, -0.15) is 0 Å². The van der Waals surface area contributed by atoms with Gasteiger partial charge in [0.1, 0.15) is 0 Å². The number of rotatable bonds is 6. The summed E-state index contributed by atoms with van der Waals surface area (Å²) < 4.78 is 0. The Bertz CT molecular complexity index is 544. The van der Waals surface area contributed by atoms with Crippen LogP contribution in [0.2, 0.25) is 0 Å². The molecular weight excluding hydrogens is 302 g/mol. The number of hydrogen-bond acceptors (Lipinski definition) is 3. The van der Waals surface area contributed by atoms with Crippen LogP contribution in [-0.2, 0) is 11.3 Å². The first-order valence-electron chi connectivity index (χ1n) is 7.41. The summed E-state index contributed by atoms with van der Waals surface area (Å²) in [5.74, 6) is -0.202. The molecule has 1 fully saturated rings. The smallest absolute Gasteiger partial charge is 0.251 e. The zero-order valence-electron chi connectivity index (χ0n) is 13.0. The molecule has 0 spiro atoms. The van der Waals surface area contributed by atoms with E-state index >= 15 is 0 Å². The van der Waals surface area contributed by atoms with Crippen LogP contribution in [0.5, 0.6) is 0 Å². The Labute approximate surface area is 137 Å². The van der Waals surface area contributed by atoms with Crippen molar-refractivity contribution in [1.29, 1.82) is 0 Å². The van der Waals surface area contributed by atoms with Gasteiger partial charge < -0.3 is 16.4 Å². The van der Waals surface area contributed by atoms with Crippen LogP contribution < -0.4 is 16.4 Å². The monoisotopic (exact) mass is 325 g/mol. The summed E-state index contributed by atoms with van der Waals surface area (Å²) in [6.07, 6.45) is 2.38. The molecule has 6 heteroatoms. The van der Waals surface area contributed by atoms with Gasteiger partial charge in [-0.05, 0) is 43.9 Å². The highest BCUT2D eigenvalue weighted by Crippen LogP contribution is 2.32. The molecule has 122 valence electrons. The van der Waals surface area contributed by atoms with Crippen molar-refractivity contribution < 1.29 is 9.59 Å². The van der Waals surface area contributed by atoms with Gasteiger partial charge >= 0.3 is 0 Å². The van der Waals surface area contributed by atoms with Crippen molar-refractivity contribution in [1.82, 2.24) is 10.6 Å². The van der Waals surface area contributed by atoms with Crippen molar-refractivity contribution in [2.45, 2.75) is 51.2 Å². The van der Waals surface area contributed by atoms with Crippen molar-refractivity contribution in [2.75, 3.05) is 0 Å². The molecule has 0 heterocycles. The lowest BCUT2D eigenvalue weighted by molar-refractivity contribution is -0.123. The number of nitrogens with one attached hydrogen (secondary N) is 2. The molecule has 1 aliphatic rings. The molecule has 0 radical (unpaired) electrons. The van der Waals surface area contributed by atoms with E-state index in [1.54, 1.807) is 12.1 Å². The first kappa shape index (κ1) is 18.5. The third-order valence-corrected chi connectivity index (χ3v) is 3.87. The van der Waals surface area contributed by atoms with Crippen molar-refractivity contribution in [3.8, 4) is 0 Å². The SMILES string of the molecule is CCC(C)NC(=O)c1cccc(CNC(=O)C2(N)CC2)c1.Cl. The van der Waals surface area contributed by atoms with Crippen molar-refractivity contribution >= 4 is 24.2 Å². The minimum Gasteiger partial charge on any atom is -0.350 e. The second-order valence-electron chi connectivity index (χ2n) is 5.82. The van der Waals surface area contributed by atoms with Crippen LogP contribution >= 0.6 is 12.4 Å². The number of amides is 2. The fraction of sp³-hybridized carbons (Fsp3) is 0.500. The van der Waals surface area contributed by atoms with Gasteiger partial charge in [-0.3, -0.25) is 9.59 Å². The molecule has 1 unspecified atom stereocenters. The molecular formula is C16H24ClN3O2. The van der Waals surface area contributed by atoms with E-state index in [-0.39, 0.29) is 30.3 Å². The first-order valence-corrected chi connectivity index (χ1v) is 7.41. The average molecular weight is 326 g/mol. The van der Waals surface area contributed by atoms with E-state index in [9.17, 15) is 9.59 Å². The molecule has 5 nitrogen and oxygen atoms in total. The molecule has 0 aliphatic heterocycles. The summed E-state index contributed by atoms with van der Waals surface area (Å²) >= 11 is 0. The molecule has 1 saturated carbocycles. The lowest BCUT2D eigenvalue weighted by atomic mass is 10.1. The van der Waals surface area contributed by atoms with Gasteiger partial charge in [-0.15, -0.1) is 12.4 Å². The highest BCUT2D eigenvalue weighted by Gasteiger charge is 2.45. The summed E-state index contributed by atoms with van der Waals surface area (Å²) in [6.45, 7) is 4.39. The van der Waals surface area contributed by atoms with Crippen molar-refractivity contribution in [3.63, 3.8) is 0 Å². The Morgan fingerprint density at radius 3 is 2.64 bits per heavy atom. The first-order chi connectivity index (χ1) is 9.94. The van der Waals surface area contributed by atoms with Gasteiger partial charge in [0, 0.05) is 18.2 Å². The Hall–Kier alpha value is -1.59. The average Bonchev–Trinajstić information content (AvgIpc) is 3.24. The molecule has 0 saturated heterocycles. The van der Waals surface area contributed by atoms with Gasteiger partial charge in [0.25, 0.3) is 5.91 Å². The van der Waals surface area contributed by atoms with E-state index in [0.29, 0.717) is 12.1 Å². The lowest BCUT2D eigenvalue weighted by Gasteiger charge is -2.13. The molecule has 1 aliphatic carbocycles. The molecule has 2 amide bonds. The van der Waals surface area contributed by atoms with Gasteiger partial charge in [0.05, 0.1) is 5.54 Å². The molecule has 0 bridgehead atoms. The maximum Gasteiger partial charge on any atom is 0.251 e. The highest BCUT2D eigenvalue weighted by atomic mass is 35.5. The van der Waals surface area contributed by atoms with Crippen molar-refractivity contribution in [2.24, 2.45) is 5.73 Å².